The number of rotatable bonds is 5. The average Bonchev–Trinajstić information content (AvgIpc) is 3.74. The highest BCUT2D eigenvalue weighted by Gasteiger charge is 2.71. The number of aliphatic carboxylic acids is 1. The van der Waals surface area contributed by atoms with Crippen LogP contribution < -0.4 is 0 Å². The van der Waals surface area contributed by atoms with Gasteiger partial charge in [-0.05, 0) is 120 Å². The number of carbonyl (C=O) groups excluding carboxylic acids is 2. The smallest absolute Gasteiger partial charge is 0.348 e. The Hall–Kier alpha value is -2.45. The van der Waals surface area contributed by atoms with Crippen LogP contribution in [0.5, 0.6) is 0 Å². The van der Waals surface area contributed by atoms with E-state index in [0.717, 1.165) is 51.4 Å². The van der Waals surface area contributed by atoms with Gasteiger partial charge in [-0.2, -0.15) is 0 Å². The van der Waals surface area contributed by atoms with Gasteiger partial charge in [0.1, 0.15) is 22.0 Å². The van der Waals surface area contributed by atoms with Gasteiger partial charge in [0.15, 0.2) is 0 Å². The minimum Gasteiger partial charge on any atom is -0.481 e. The van der Waals surface area contributed by atoms with Crippen molar-refractivity contribution in [2.24, 2.45) is 50.2 Å². The summed E-state index contributed by atoms with van der Waals surface area (Å²) in [4.78, 5) is 41.2. The van der Waals surface area contributed by atoms with E-state index in [-0.39, 0.29) is 45.4 Å². The van der Waals surface area contributed by atoms with E-state index in [0.29, 0.717) is 22.1 Å². The number of hydrogen-bond acceptors (Lipinski definition) is 7. The van der Waals surface area contributed by atoms with E-state index in [1.807, 2.05) is 22.9 Å². The van der Waals surface area contributed by atoms with Crippen molar-refractivity contribution in [3.8, 4) is 0 Å². The second-order valence-corrected chi connectivity index (χ2v) is 19.8. The fourth-order valence-electron chi connectivity index (χ4n) is 12.2. The number of fused-ring (bicyclic) bond motifs is 7. The van der Waals surface area contributed by atoms with Crippen LogP contribution in [-0.4, -0.2) is 35.2 Å². The van der Waals surface area contributed by atoms with E-state index >= 15 is 0 Å². The Labute approximate surface area is 293 Å². The van der Waals surface area contributed by atoms with Crippen LogP contribution in [0.4, 0.5) is 0 Å². The molecule has 6 nitrogen and oxygen atoms in total. The largest absolute Gasteiger partial charge is 0.481 e. The number of esters is 2. The Morgan fingerprint density at radius 2 is 1.42 bits per heavy atom. The van der Waals surface area contributed by atoms with Crippen molar-refractivity contribution in [1.29, 1.82) is 0 Å². The summed E-state index contributed by atoms with van der Waals surface area (Å²) in [7, 11) is 0. The zero-order valence-electron chi connectivity index (χ0n) is 29.6. The quantitative estimate of drug-likeness (QED) is 0.248. The highest BCUT2D eigenvalue weighted by molar-refractivity contribution is 7.12. The van der Waals surface area contributed by atoms with E-state index in [4.69, 9.17) is 9.47 Å². The van der Waals surface area contributed by atoms with Crippen LogP contribution in [0, 0.1) is 50.2 Å². The third-order valence-corrected chi connectivity index (χ3v) is 16.6. The third kappa shape index (κ3) is 4.85. The van der Waals surface area contributed by atoms with Crippen molar-refractivity contribution in [3.05, 3.63) is 56.4 Å². The Kier molecular flexibility index (Phi) is 7.99. The maximum absolute atomic E-state index is 13.6. The summed E-state index contributed by atoms with van der Waals surface area (Å²) in [5.41, 5.74) is 0.0462. The van der Waals surface area contributed by atoms with Crippen molar-refractivity contribution in [3.63, 3.8) is 0 Å². The minimum absolute atomic E-state index is 0.0482. The second kappa shape index (κ2) is 11.3. The van der Waals surface area contributed by atoms with Crippen LogP contribution in [0.25, 0.3) is 0 Å². The molecule has 0 bridgehead atoms. The maximum Gasteiger partial charge on any atom is 0.348 e. The molecule has 0 aliphatic heterocycles. The highest BCUT2D eigenvalue weighted by Crippen LogP contribution is 2.76. The fourth-order valence-corrected chi connectivity index (χ4v) is 13.4. The summed E-state index contributed by atoms with van der Waals surface area (Å²) in [6, 6.07) is 7.28. The monoisotopic (exact) mass is 692 g/mol. The van der Waals surface area contributed by atoms with Crippen LogP contribution in [0.3, 0.4) is 0 Å². The fraction of sp³-hybridized carbons (Fsp3) is 0.675. The molecular weight excluding hydrogens is 641 g/mol. The van der Waals surface area contributed by atoms with Gasteiger partial charge in [0, 0.05) is 5.41 Å². The molecular formula is C40H52O6S2. The summed E-state index contributed by atoms with van der Waals surface area (Å²) in [5.74, 6) is -0.719. The Morgan fingerprint density at radius 3 is 2.02 bits per heavy atom. The van der Waals surface area contributed by atoms with Gasteiger partial charge in [0.25, 0.3) is 0 Å². The Bertz CT molecular complexity index is 1620. The first kappa shape index (κ1) is 34.0. The van der Waals surface area contributed by atoms with Gasteiger partial charge in [0.05, 0.1) is 5.41 Å². The number of allylic oxidation sites excluding steroid dienone is 2. The predicted molar refractivity (Wildman–Crippen MR) is 189 cm³/mol. The lowest BCUT2D eigenvalue weighted by molar-refractivity contribution is -0.231. The average molecular weight is 693 g/mol. The van der Waals surface area contributed by atoms with Crippen LogP contribution in [0.1, 0.15) is 126 Å². The van der Waals surface area contributed by atoms with Crippen LogP contribution >= 0.6 is 22.7 Å². The van der Waals surface area contributed by atoms with Crippen molar-refractivity contribution in [2.75, 3.05) is 0 Å². The van der Waals surface area contributed by atoms with E-state index < -0.39 is 29.0 Å². The first-order valence-corrected chi connectivity index (χ1v) is 19.7. The van der Waals surface area contributed by atoms with Crippen LogP contribution in [0.2, 0.25) is 0 Å². The zero-order chi connectivity index (χ0) is 34.5. The lowest BCUT2D eigenvalue weighted by Gasteiger charge is -2.71. The molecule has 0 amide bonds. The van der Waals surface area contributed by atoms with E-state index in [1.54, 1.807) is 12.1 Å². The molecule has 0 radical (unpaired) electrons. The summed E-state index contributed by atoms with van der Waals surface area (Å²) < 4.78 is 12.8. The third-order valence-electron chi connectivity index (χ3n) is 14.9. The van der Waals surface area contributed by atoms with Crippen LogP contribution in [-0.2, 0) is 14.3 Å². The number of hydrogen-bond donors (Lipinski definition) is 1. The highest BCUT2D eigenvalue weighted by atomic mass is 32.1. The molecule has 4 saturated carbocycles. The molecule has 5 aliphatic carbocycles. The molecule has 2 aromatic rings. The van der Waals surface area contributed by atoms with Crippen molar-refractivity contribution >= 4 is 40.6 Å². The molecule has 8 heteroatoms. The SMILES string of the molecule is CC1(C)CC[C@]2(C(=O)O)CC[C@]3(C)C(=CC[C@@H]4[C@@]5(C)C[C@@H](OC(=O)c6cccs6)[C@H](OC(=O)c6cccs6)C(C)(C)[C@@H]5CC[C@]43C)[C@@H]2C1. The maximum atomic E-state index is 13.6. The standard InChI is InChI=1S/C40H52O6S2/c1-35(2)16-18-40(34(43)44)19-17-38(6)24(25(40)22-35)12-13-30-37(5)23-26(45-32(41)27-10-8-20-47-27)31(46-33(42)28-11-9-21-48-28)36(3,4)29(37)14-15-39(30,38)7/h8-12,20-21,25-26,29-31H,13-19,22-23H2,1-7H3,(H,43,44)/t25-,26+,29-,30+,31-,37-,38+,39+,40-/m0/s1. The first-order valence-electron chi connectivity index (χ1n) is 17.9. The number of thiophene rings is 2. The zero-order valence-corrected chi connectivity index (χ0v) is 31.2. The molecule has 0 unspecified atom stereocenters. The molecule has 0 saturated heterocycles. The van der Waals surface area contributed by atoms with Gasteiger partial charge in [-0.15, -0.1) is 22.7 Å². The number of ether oxygens (including phenoxy) is 2. The molecule has 9 atom stereocenters. The molecule has 1 N–H and O–H groups in total. The van der Waals surface area contributed by atoms with Gasteiger partial charge in [-0.1, -0.05) is 72.2 Å². The van der Waals surface area contributed by atoms with E-state index in [9.17, 15) is 19.5 Å². The van der Waals surface area contributed by atoms with E-state index in [1.165, 1.54) is 28.2 Å². The molecule has 2 heterocycles. The lowest BCUT2D eigenvalue weighted by Crippen LogP contribution is -2.67. The van der Waals surface area contributed by atoms with Crippen molar-refractivity contribution < 1.29 is 29.0 Å². The van der Waals surface area contributed by atoms with E-state index in [2.05, 4.69) is 54.5 Å². The first-order chi connectivity index (χ1) is 22.5. The second-order valence-electron chi connectivity index (χ2n) is 17.9. The van der Waals surface area contributed by atoms with Gasteiger partial charge in [-0.25, -0.2) is 9.59 Å². The summed E-state index contributed by atoms with van der Waals surface area (Å²) >= 11 is 2.73. The lowest BCUT2D eigenvalue weighted by atomic mass is 9.33. The molecule has 7 rings (SSSR count). The number of carboxylic acid groups (broad SMARTS) is 1. The summed E-state index contributed by atoms with van der Waals surface area (Å²) in [6.45, 7) is 16.4. The molecule has 48 heavy (non-hydrogen) atoms. The Morgan fingerprint density at radius 1 is 0.792 bits per heavy atom. The van der Waals surface area contributed by atoms with Crippen LogP contribution in [0.15, 0.2) is 46.7 Å². The van der Waals surface area contributed by atoms with Gasteiger partial charge in [0.2, 0.25) is 0 Å². The molecule has 2 aromatic heterocycles. The molecule has 5 aliphatic rings. The van der Waals surface area contributed by atoms with Crippen molar-refractivity contribution in [1.82, 2.24) is 0 Å². The molecule has 0 aromatic carbocycles. The minimum atomic E-state index is -0.668. The molecule has 4 fully saturated rings. The Balaban J connectivity index is 1.28. The predicted octanol–water partition coefficient (Wildman–Crippen LogP) is 10.1. The van der Waals surface area contributed by atoms with Gasteiger partial charge in [-0.3, -0.25) is 4.79 Å². The van der Waals surface area contributed by atoms with Gasteiger partial charge < -0.3 is 14.6 Å². The van der Waals surface area contributed by atoms with Gasteiger partial charge >= 0.3 is 17.9 Å². The number of carboxylic acids is 1. The van der Waals surface area contributed by atoms with Crippen molar-refractivity contribution in [2.45, 2.75) is 118 Å². The summed E-state index contributed by atoms with van der Waals surface area (Å²) in [5, 5.41) is 14.5. The summed E-state index contributed by atoms with van der Waals surface area (Å²) in [6.07, 6.45) is 9.08. The molecule has 260 valence electrons. The molecule has 0 spiro atoms. The topological polar surface area (TPSA) is 89.9 Å². The normalized spacial score (nSPS) is 41.0. The number of carbonyl (C=O) groups is 3.